The van der Waals surface area contributed by atoms with Gasteiger partial charge in [-0.2, -0.15) is 13.2 Å². The summed E-state index contributed by atoms with van der Waals surface area (Å²) in [5.41, 5.74) is 0. The predicted molar refractivity (Wildman–Crippen MR) is 38.7 cm³/mol. The van der Waals surface area contributed by atoms with Crippen molar-refractivity contribution >= 4 is 0 Å². The molecule has 1 heterocycles. The molecule has 1 fully saturated rings. The van der Waals surface area contributed by atoms with Gasteiger partial charge in [-0.25, -0.2) is 0 Å². The van der Waals surface area contributed by atoms with Crippen molar-refractivity contribution in [3.63, 3.8) is 0 Å². The second kappa shape index (κ2) is 2.91. The Morgan fingerprint density at radius 2 is 1.50 bits per heavy atom. The van der Waals surface area contributed by atoms with E-state index >= 15 is 0 Å². The number of alkyl halides is 3. The van der Waals surface area contributed by atoms with Crippen LogP contribution in [0.25, 0.3) is 0 Å². The van der Waals surface area contributed by atoms with Crippen molar-refractivity contribution in [2.75, 3.05) is 0 Å². The molecule has 0 aromatic carbocycles. The summed E-state index contributed by atoms with van der Waals surface area (Å²) >= 11 is 0. The van der Waals surface area contributed by atoms with E-state index in [1.165, 1.54) is 6.92 Å². The van der Waals surface area contributed by atoms with Crippen LogP contribution in [0.15, 0.2) is 0 Å². The van der Waals surface area contributed by atoms with Gasteiger partial charge < -0.3 is 4.74 Å². The van der Waals surface area contributed by atoms with Gasteiger partial charge in [0.05, 0.1) is 18.1 Å². The SMILES string of the molecule is CC1OC(C)C(C(F)(F)F)C1C. The fourth-order valence-electron chi connectivity index (χ4n) is 1.83. The lowest BCUT2D eigenvalue weighted by Crippen LogP contribution is -2.33. The first-order chi connectivity index (χ1) is 5.34. The fourth-order valence-corrected chi connectivity index (χ4v) is 1.83. The molecule has 0 aromatic rings. The zero-order valence-corrected chi connectivity index (χ0v) is 7.35. The van der Waals surface area contributed by atoms with Crippen LogP contribution in [0.3, 0.4) is 0 Å². The molecule has 0 aromatic heterocycles. The van der Waals surface area contributed by atoms with Gasteiger partial charge in [-0.15, -0.1) is 0 Å². The van der Waals surface area contributed by atoms with E-state index in [1.54, 1.807) is 13.8 Å². The first kappa shape index (κ1) is 9.84. The summed E-state index contributed by atoms with van der Waals surface area (Å²) in [7, 11) is 0. The van der Waals surface area contributed by atoms with E-state index < -0.39 is 24.1 Å². The van der Waals surface area contributed by atoms with E-state index in [1.807, 2.05) is 0 Å². The fraction of sp³-hybridized carbons (Fsp3) is 1.00. The Labute approximate surface area is 69.9 Å². The lowest BCUT2D eigenvalue weighted by Gasteiger charge is -2.21. The first-order valence-electron chi connectivity index (χ1n) is 4.06. The Morgan fingerprint density at radius 3 is 1.67 bits per heavy atom. The van der Waals surface area contributed by atoms with E-state index in [9.17, 15) is 13.2 Å². The molecule has 1 aliphatic heterocycles. The molecule has 72 valence electrons. The maximum Gasteiger partial charge on any atom is 0.394 e. The van der Waals surface area contributed by atoms with Gasteiger partial charge in [0.2, 0.25) is 0 Å². The Bertz CT molecular complexity index is 166. The van der Waals surface area contributed by atoms with E-state index in [2.05, 4.69) is 0 Å². The quantitative estimate of drug-likeness (QED) is 0.559. The van der Waals surface area contributed by atoms with E-state index in [4.69, 9.17) is 4.74 Å². The highest BCUT2D eigenvalue weighted by Crippen LogP contribution is 2.42. The van der Waals surface area contributed by atoms with Crippen molar-refractivity contribution in [2.45, 2.75) is 39.2 Å². The zero-order chi connectivity index (χ0) is 9.52. The minimum absolute atomic E-state index is 0.286. The van der Waals surface area contributed by atoms with Crippen molar-refractivity contribution in [1.82, 2.24) is 0 Å². The largest absolute Gasteiger partial charge is 0.394 e. The van der Waals surface area contributed by atoms with E-state index in [0.29, 0.717) is 0 Å². The molecule has 0 bridgehead atoms. The van der Waals surface area contributed by atoms with Crippen LogP contribution < -0.4 is 0 Å². The lowest BCUT2D eigenvalue weighted by atomic mass is 9.89. The average Bonchev–Trinajstić information content (AvgIpc) is 2.05. The third kappa shape index (κ3) is 1.58. The van der Waals surface area contributed by atoms with Gasteiger partial charge in [0.1, 0.15) is 0 Å². The highest BCUT2D eigenvalue weighted by molar-refractivity contribution is 4.88. The topological polar surface area (TPSA) is 9.23 Å². The van der Waals surface area contributed by atoms with Crippen molar-refractivity contribution in [3.8, 4) is 0 Å². The maximum atomic E-state index is 12.4. The van der Waals surface area contributed by atoms with Crippen LogP contribution in [-0.2, 0) is 4.74 Å². The molecule has 0 saturated carbocycles. The lowest BCUT2D eigenvalue weighted by molar-refractivity contribution is -0.191. The van der Waals surface area contributed by atoms with Crippen LogP contribution in [0.5, 0.6) is 0 Å². The minimum Gasteiger partial charge on any atom is -0.375 e. The summed E-state index contributed by atoms with van der Waals surface area (Å²) in [6, 6.07) is 0. The van der Waals surface area contributed by atoms with Gasteiger partial charge in [-0.05, 0) is 19.8 Å². The first-order valence-corrected chi connectivity index (χ1v) is 4.06. The maximum absolute atomic E-state index is 12.4. The molecular weight excluding hydrogens is 169 g/mol. The summed E-state index contributed by atoms with van der Waals surface area (Å²) in [5.74, 6) is -1.73. The molecular formula is C8H13F3O. The average molecular weight is 182 g/mol. The van der Waals surface area contributed by atoms with Gasteiger partial charge in [0, 0.05) is 0 Å². The summed E-state index contributed by atoms with van der Waals surface area (Å²) in [6.07, 6.45) is -5.11. The Kier molecular flexibility index (Phi) is 2.38. The Hall–Kier alpha value is -0.250. The molecule has 12 heavy (non-hydrogen) atoms. The molecule has 0 amide bonds. The van der Waals surface area contributed by atoms with Gasteiger partial charge in [-0.3, -0.25) is 0 Å². The van der Waals surface area contributed by atoms with Crippen LogP contribution in [0.2, 0.25) is 0 Å². The van der Waals surface area contributed by atoms with Crippen LogP contribution >= 0.6 is 0 Å². The van der Waals surface area contributed by atoms with Gasteiger partial charge in [-0.1, -0.05) is 6.92 Å². The van der Waals surface area contributed by atoms with E-state index in [-0.39, 0.29) is 6.10 Å². The smallest absolute Gasteiger partial charge is 0.375 e. The Balaban J connectivity index is 2.77. The van der Waals surface area contributed by atoms with Crippen molar-refractivity contribution in [2.24, 2.45) is 11.8 Å². The number of ether oxygens (including phenoxy) is 1. The van der Waals surface area contributed by atoms with Crippen molar-refractivity contribution < 1.29 is 17.9 Å². The second-order valence-electron chi connectivity index (χ2n) is 3.47. The molecule has 1 aliphatic rings. The van der Waals surface area contributed by atoms with E-state index in [0.717, 1.165) is 0 Å². The Morgan fingerprint density at radius 1 is 1.00 bits per heavy atom. The third-order valence-corrected chi connectivity index (χ3v) is 2.62. The van der Waals surface area contributed by atoms with Crippen molar-refractivity contribution in [1.29, 1.82) is 0 Å². The van der Waals surface area contributed by atoms with Crippen molar-refractivity contribution in [3.05, 3.63) is 0 Å². The molecule has 1 nitrogen and oxygen atoms in total. The number of halogens is 3. The predicted octanol–water partition coefficient (Wildman–Crippen LogP) is 2.61. The standard InChI is InChI=1S/C8H13F3O/c1-4-5(2)12-6(3)7(4)8(9,10)11/h4-7H,1-3H3. The molecule has 1 rings (SSSR count). The summed E-state index contributed by atoms with van der Waals surface area (Å²) in [6.45, 7) is 4.76. The van der Waals surface area contributed by atoms with Crippen LogP contribution in [0, 0.1) is 11.8 Å². The molecule has 4 atom stereocenters. The summed E-state index contributed by atoms with van der Waals surface area (Å²) < 4.78 is 42.2. The molecule has 4 heteroatoms. The molecule has 0 radical (unpaired) electrons. The molecule has 0 spiro atoms. The van der Waals surface area contributed by atoms with Crippen LogP contribution in [-0.4, -0.2) is 18.4 Å². The minimum atomic E-state index is -4.12. The van der Waals surface area contributed by atoms with Gasteiger partial charge in [0.15, 0.2) is 0 Å². The van der Waals surface area contributed by atoms with Crippen LogP contribution in [0.4, 0.5) is 13.2 Å². The highest BCUT2D eigenvalue weighted by atomic mass is 19.4. The third-order valence-electron chi connectivity index (χ3n) is 2.62. The number of rotatable bonds is 0. The molecule has 1 saturated heterocycles. The second-order valence-corrected chi connectivity index (χ2v) is 3.47. The molecule has 4 unspecified atom stereocenters. The monoisotopic (exact) mass is 182 g/mol. The van der Waals surface area contributed by atoms with Crippen LogP contribution in [0.1, 0.15) is 20.8 Å². The van der Waals surface area contributed by atoms with Gasteiger partial charge >= 0.3 is 6.18 Å². The zero-order valence-electron chi connectivity index (χ0n) is 7.35. The normalized spacial score (nSPS) is 43.5. The molecule has 0 N–H and O–H groups in total. The summed E-state index contributed by atoms with van der Waals surface area (Å²) in [4.78, 5) is 0. The van der Waals surface area contributed by atoms with Gasteiger partial charge in [0.25, 0.3) is 0 Å². The summed E-state index contributed by atoms with van der Waals surface area (Å²) in [5, 5.41) is 0. The molecule has 0 aliphatic carbocycles. The number of hydrogen-bond acceptors (Lipinski definition) is 1. The number of hydrogen-bond donors (Lipinski definition) is 0. The highest BCUT2D eigenvalue weighted by Gasteiger charge is 2.52.